The molecule has 0 unspecified atom stereocenters. The molecule has 3 aromatic heterocycles. The molecule has 0 saturated heterocycles. The Balaban J connectivity index is 1.40. The van der Waals surface area contributed by atoms with Crippen molar-refractivity contribution in [2.45, 2.75) is 31.5 Å². The van der Waals surface area contributed by atoms with Gasteiger partial charge in [0.05, 0.1) is 23.6 Å². The summed E-state index contributed by atoms with van der Waals surface area (Å²) < 4.78 is 12.0. The number of pyridine rings is 2. The number of carbonyl (C=O) groups excluding carboxylic acids is 2. The molecular formula is C23H23ClN8O4. The molecule has 3 heterocycles. The summed E-state index contributed by atoms with van der Waals surface area (Å²) in [6, 6.07) is 8.83. The van der Waals surface area contributed by atoms with E-state index in [0.717, 1.165) is 0 Å². The summed E-state index contributed by atoms with van der Waals surface area (Å²) in [7, 11) is 3.08. The lowest BCUT2D eigenvalue weighted by atomic mass is 9.71. The van der Waals surface area contributed by atoms with Crippen LogP contribution in [0.2, 0.25) is 5.15 Å². The van der Waals surface area contributed by atoms with Crippen molar-refractivity contribution in [2.24, 2.45) is 13.0 Å². The van der Waals surface area contributed by atoms with Crippen LogP contribution in [-0.2, 0) is 21.3 Å². The zero-order valence-electron chi connectivity index (χ0n) is 19.7. The number of nitriles is 1. The van der Waals surface area contributed by atoms with E-state index in [-0.39, 0.29) is 22.8 Å². The summed E-state index contributed by atoms with van der Waals surface area (Å²) in [6.45, 7) is 1.68. The largest absolute Gasteiger partial charge is 0.441 e. The average molecular weight is 511 g/mol. The molecule has 2 N–H and O–H groups in total. The quantitative estimate of drug-likeness (QED) is 0.454. The van der Waals surface area contributed by atoms with E-state index in [1.165, 1.54) is 18.0 Å². The van der Waals surface area contributed by atoms with Crippen molar-refractivity contribution >= 4 is 35.1 Å². The molecule has 1 aliphatic carbocycles. The smallest absolute Gasteiger partial charge is 0.413 e. The van der Waals surface area contributed by atoms with Gasteiger partial charge < -0.3 is 14.8 Å². The highest BCUT2D eigenvalue weighted by Crippen LogP contribution is 2.40. The van der Waals surface area contributed by atoms with Crippen molar-refractivity contribution in [3.05, 3.63) is 47.4 Å². The minimum Gasteiger partial charge on any atom is -0.441 e. The Labute approximate surface area is 211 Å². The summed E-state index contributed by atoms with van der Waals surface area (Å²) in [4.78, 5) is 33.3. The van der Waals surface area contributed by atoms with Gasteiger partial charge in [-0.25, -0.2) is 14.5 Å². The van der Waals surface area contributed by atoms with Gasteiger partial charge >= 0.3 is 6.09 Å². The van der Waals surface area contributed by atoms with Crippen molar-refractivity contribution in [2.75, 3.05) is 17.7 Å². The van der Waals surface area contributed by atoms with Gasteiger partial charge in [-0.05, 0) is 25.1 Å². The first-order valence-corrected chi connectivity index (χ1v) is 11.3. The molecule has 1 saturated carbocycles. The van der Waals surface area contributed by atoms with Crippen molar-refractivity contribution in [3.63, 3.8) is 0 Å². The third-order valence-corrected chi connectivity index (χ3v) is 6.26. The van der Waals surface area contributed by atoms with E-state index in [0.29, 0.717) is 35.5 Å². The van der Waals surface area contributed by atoms with Gasteiger partial charge in [0.15, 0.2) is 17.1 Å². The number of nitrogens with one attached hydrogen (secondary N) is 2. The van der Waals surface area contributed by atoms with E-state index in [9.17, 15) is 14.9 Å². The Hall–Kier alpha value is -4.08. The van der Waals surface area contributed by atoms with Crippen LogP contribution in [0.5, 0.6) is 0 Å². The number of carbonyl (C=O) groups is 2. The standard InChI is InChI=1S/C23H23ClN8O4/c1-13(16-5-4-8-26-19(16)24)36-22(34)29-20-18(30-31-32(20)2)17-7-6-15(11-27-17)28-21(33)14-9-23(10-14,12-25)35-3/h4-8,11,13-14H,9-10H2,1-3H3,(H,28,33)(H,29,34)/t13-,14?,23?/m1/s1. The van der Waals surface area contributed by atoms with E-state index in [2.05, 4.69) is 37.0 Å². The molecule has 4 rings (SSSR count). The second-order valence-corrected chi connectivity index (χ2v) is 8.66. The number of aromatic nitrogens is 5. The van der Waals surface area contributed by atoms with Gasteiger partial charge in [-0.2, -0.15) is 5.26 Å². The molecule has 0 aromatic carbocycles. The van der Waals surface area contributed by atoms with Crippen molar-refractivity contribution in [3.8, 4) is 17.5 Å². The van der Waals surface area contributed by atoms with E-state index in [1.807, 2.05) is 0 Å². The van der Waals surface area contributed by atoms with Crippen LogP contribution in [0.15, 0.2) is 36.7 Å². The maximum Gasteiger partial charge on any atom is 0.413 e. The van der Waals surface area contributed by atoms with Gasteiger partial charge in [-0.1, -0.05) is 22.9 Å². The number of methoxy groups -OCH3 is 1. The first-order valence-electron chi connectivity index (χ1n) is 11.0. The predicted molar refractivity (Wildman–Crippen MR) is 129 cm³/mol. The number of nitrogens with zero attached hydrogens (tertiary/aromatic N) is 6. The van der Waals surface area contributed by atoms with Crippen LogP contribution in [0.25, 0.3) is 11.4 Å². The molecule has 0 spiro atoms. The summed E-state index contributed by atoms with van der Waals surface area (Å²) in [5.74, 6) is -0.245. The molecule has 1 aliphatic rings. The SMILES string of the molecule is COC1(C#N)CC(C(=O)Nc2ccc(-c3nnn(C)c3NC(=O)O[C@H](C)c3cccnc3Cl)nc2)C1. The van der Waals surface area contributed by atoms with E-state index in [1.54, 1.807) is 44.4 Å². The van der Waals surface area contributed by atoms with Gasteiger partial charge in [-0.15, -0.1) is 5.10 Å². The summed E-state index contributed by atoms with van der Waals surface area (Å²) in [6.07, 6.45) is 2.33. The van der Waals surface area contributed by atoms with Crippen LogP contribution in [-0.4, -0.2) is 49.7 Å². The van der Waals surface area contributed by atoms with Crippen molar-refractivity contribution < 1.29 is 19.1 Å². The molecule has 2 amide bonds. The molecule has 0 bridgehead atoms. The molecule has 1 fully saturated rings. The highest BCUT2D eigenvalue weighted by atomic mass is 35.5. The number of hydrogen-bond acceptors (Lipinski definition) is 9. The van der Waals surface area contributed by atoms with Gasteiger partial charge in [0.25, 0.3) is 0 Å². The molecule has 3 aromatic rings. The lowest BCUT2D eigenvalue weighted by molar-refractivity contribution is -0.132. The van der Waals surface area contributed by atoms with Gasteiger partial charge in [0.1, 0.15) is 11.3 Å². The molecule has 0 aliphatic heterocycles. The Morgan fingerprint density at radius 3 is 2.69 bits per heavy atom. The fourth-order valence-electron chi connectivity index (χ4n) is 3.80. The molecule has 0 radical (unpaired) electrons. The van der Waals surface area contributed by atoms with Gasteiger partial charge in [0.2, 0.25) is 5.91 Å². The van der Waals surface area contributed by atoms with Crippen molar-refractivity contribution in [1.29, 1.82) is 5.26 Å². The Morgan fingerprint density at radius 1 is 1.28 bits per heavy atom. The lowest BCUT2D eigenvalue weighted by Crippen LogP contribution is -2.48. The number of hydrogen-bond donors (Lipinski definition) is 2. The van der Waals surface area contributed by atoms with Crippen LogP contribution in [0, 0.1) is 17.2 Å². The third-order valence-electron chi connectivity index (χ3n) is 5.95. The zero-order valence-corrected chi connectivity index (χ0v) is 20.5. The minimum absolute atomic E-state index is 0.208. The molecular weight excluding hydrogens is 488 g/mol. The highest BCUT2D eigenvalue weighted by Gasteiger charge is 2.48. The van der Waals surface area contributed by atoms with Crippen LogP contribution >= 0.6 is 11.6 Å². The zero-order chi connectivity index (χ0) is 25.9. The molecule has 13 heteroatoms. The number of aryl methyl sites for hydroxylation is 1. The number of halogens is 1. The minimum atomic E-state index is -0.886. The van der Waals surface area contributed by atoms with Crippen LogP contribution in [0.3, 0.4) is 0 Å². The molecule has 12 nitrogen and oxygen atoms in total. The van der Waals surface area contributed by atoms with Crippen LogP contribution in [0.1, 0.15) is 31.4 Å². The second kappa shape index (κ2) is 10.3. The lowest BCUT2D eigenvalue weighted by Gasteiger charge is -2.40. The Kier molecular flexibility index (Phi) is 7.14. The van der Waals surface area contributed by atoms with Crippen LogP contribution in [0.4, 0.5) is 16.3 Å². The van der Waals surface area contributed by atoms with Gasteiger partial charge in [-0.3, -0.25) is 15.1 Å². The summed E-state index contributed by atoms with van der Waals surface area (Å²) in [5, 5.41) is 22.9. The summed E-state index contributed by atoms with van der Waals surface area (Å²) in [5.41, 5.74) is 0.904. The van der Waals surface area contributed by atoms with Gasteiger partial charge in [0, 0.05) is 44.7 Å². The van der Waals surface area contributed by atoms with E-state index >= 15 is 0 Å². The fraction of sp³-hybridized carbons (Fsp3) is 0.348. The second-order valence-electron chi connectivity index (χ2n) is 8.30. The molecule has 1 atom stereocenters. The maximum absolute atomic E-state index is 12.5. The highest BCUT2D eigenvalue weighted by molar-refractivity contribution is 6.30. The third kappa shape index (κ3) is 5.12. The Bertz CT molecular complexity index is 1310. The predicted octanol–water partition coefficient (Wildman–Crippen LogP) is 3.49. The first-order chi connectivity index (χ1) is 17.2. The number of amides is 2. The van der Waals surface area contributed by atoms with Crippen LogP contribution < -0.4 is 10.6 Å². The fourth-order valence-corrected chi connectivity index (χ4v) is 4.07. The van der Waals surface area contributed by atoms with E-state index in [4.69, 9.17) is 21.1 Å². The average Bonchev–Trinajstić information content (AvgIpc) is 3.19. The normalized spacial score (nSPS) is 19.5. The summed E-state index contributed by atoms with van der Waals surface area (Å²) >= 11 is 6.07. The monoisotopic (exact) mass is 510 g/mol. The molecule has 36 heavy (non-hydrogen) atoms. The number of ether oxygens (including phenoxy) is 2. The Morgan fingerprint density at radius 2 is 2.06 bits per heavy atom. The van der Waals surface area contributed by atoms with E-state index < -0.39 is 17.8 Å². The number of anilines is 2. The number of rotatable bonds is 7. The maximum atomic E-state index is 12.5. The first kappa shape index (κ1) is 25.0. The topological polar surface area (TPSA) is 157 Å². The van der Waals surface area contributed by atoms with Crippen molar-refractivity contribution in [1.82, 2.24) is 25.0 Å². The molecule has 186 valence electrons.